The number of fused-ring (bicyclic) bond motifs is 1. The first-order chi connectivity index (χ1) is 9.55. The predicted molar refractivity (Wildman–Crippen MR) is 75.2 cm³/mol. The first-order valence-corrected chi connectivity index (χ1v) is 6.82. The molecule has 1 aromatic heterocycles. The molecule has 0 amide bonds. The van der Waals surface area contributed by atoms with Gasteiger partial charge >= 0.3 is 0 Å². The first-order valence-electron chi connectivity index (χ1n) is 6.82. The van der Waals surface area contributed by atoms with Crippen molar-refractivity contribution in [3.8, 4) is 0 Å². The maximum atomic E-state index is 12.3. The van der Waals surface area contributed by atoms with Gasteiger partial charge in [-0.3, -0.25) is 9.69 Å². The summed E-state index contributed by atoms with van der Waals surface area (Å²) >= 11 is 0. The summed E-state index contributed by atoms with van der Waals surface area (Å²) < 4.78 is 1.36. The molecule has 2 aromatic rings. The van der Waals surface area contributed by atoms with Crippen molar-refractivity contribution in [1.82, 2.24) is 19.9 Å². The largest absolute Gasteiger partial charge is 0.389 e. The second-order valence-electron chi connectivity index (χ2n) is 5.71. The molecular weight excluding hydrogens is 256 g/mol. The van der Waals surface area contributed by atoms with E-state index in [2.05, 4.69) is 10.3 Å². The van der Waals surface area contributed by atoms with Gasteiger partial charge in [0.15, 0.2) is 0 Å². The summed E-state index contributed by atoms with van der Waals surface area (Å²) in [6.45, 7) is 3.60. The monoisotopic (exact) mass is 274 g/mol. The Morgan fingerprint density at radius 2 is 2.20 bits per heavy atom. The molecule has 0 radical (unpaired) electrons. The molecule has 0 saturated carbocycles. The van der Waals surface area contributed by atoms with E-state index in [0.29, 0.717) is 24.1 Å². The standard InChI is InChI=1S/C14H18N4O2/c1-14(20)7-4-8-17(9-14)10-18-13(19)11-5-2-3-6-12(11)15-16-18/h2-3,5-6,20H,4,7-10H2,1H3. The van der Waals surface area contributed by atoms with E-state index < -0.39 is 5.60 Å². The number of rotatable bonds is 2. The van der Waals surface area contributed by atoms with Gasteiger partial charge in [-0.05, 0) is 31.9 Å². The van der Waals surface area contributed by atoms with Crippen LogP contribution in [0.4, 0.5) is 0 Å². The molecule has 20 heavy (non-hydrogen) atoms. The fraction of sp³-hybridized carbons (Fsp3) is 0.500. The number of nitrogens with zero attached hydrogens (tertiary/aromatic N) is 4. The van der Waals surface area contributed by atoms with E-state index in [1.54, 1.807) is 12.1 Å². The number of hydrogen-bond donors (Lipinski definition) is 1. The van der Waals surface area contributed by atoms with Gasteiger partial charge in [-0.25, -0.2) is 0 Å². The Morgan fingerprint density at radius 3 is 3.00 bits per heavy atom. The van der Waals surface area contributed by atoms with Crippen molar-refractivity contribution in [2.75, 3.05) is 13.1 Å². The van der Waals surface area contributed by atoms with Crippen molar-refractivity contribution in [3.05, 3.63) is 34.6 Å². The molecule has 1 N–H and O–H groups in total. The van der Waals surface area contributed by atoms with Crippen LogP contribution < -0.4 is 5.56 Å². The zero-order valence-corrected chi connectivity index (χ0v) is 11.5. The fourth-order valence-corrected chi connectivity index (χ4v) is 2.75. The molecule has 2 heterocycles. The van der Waals surface area contributed by atoms with Gasteiger partial charge in [0, 0.05) is 13.1 Å². The number of hydrogen-bond acceptors (Lipinski definition) is 5. The number of piperidine rings is 1. The maximum Gasteiger partial charge on any atom is 0.278 e. The highest BCUT2D eigenvalue weighted by Gasteiger charge is 2.28. The molecule has 3 rings (SSSR count). The van der Waals surface area contributed by atoms with Gasteiger partial charge in [-0.1, -0.05) is 17.3 Å². The van der Waals surface area contributed by atoms with Gasteiger partial charge in [0.05, 0.1) is 17.7 Å². The molecular formula is C14H18N4O2. The van der Waals surface area contributed by atoms with Gasteiger partial charge in [-0.2, -0.15) is 4.68 Å². The van der Waals surface area contributed by atoms with Crippen LogP contribution in [-0.2, 0) is 6.67 Å². The molecule has 1 aliphatic heterocycles. The van der Waals surface area contributed by atoms with Crippen molar-refractivity contribution in [1.29, 1.82) is 0 Å². The average Bonchev–Trinajstić information content (AvgIpc) is 2.41. The number of likely N-dealkylation sites (tertiary alicyclic amines) is 1. The Balaban J connectivity index is 1.88. The Labute approximate surface area is 116 Å². The van der Waals surface area contributed by atoms with Gasteiger partial charge in [-0.15, -0.1) is 5.10 Å². The lowest BCUT2D eigenvalue weighted by molar-refractivity contribution is -0.0274. The second kappa shape index (κ2) is 4.96. The Morgan fingerprint density at radius 1 is 1.40 bits per heavy atom. The molecule has 1 saturated heterocycles. The van der Waals surface area contributed by atoms with Crippen molar-refractivity contribution in [2.45, 2.75) is 32.0 Å². The van der Waals surface area contributed by atoms with E-state index in [1.165, 1.54) is 4.68 Å². The second-order valence-corrected chi connectivity index (χ2v) is 5.71. The summed E-state index contributed by atoms with van der Waals surface area (Å²) in [6.07, 6.45) is 1.71. The van der Waals surface area contributed by atoms with Crippen LogP contribution >= 0.6 is 0 Å². The summed E-state index contributed by atoms with van der Waals surface area (Å²) in [7, 11) is 0. The molecule has 0 aliphatic carbocycles. The molecule has 1 aromatic carbocycles. The lowest BCUT2D eigenvalue weighted by Crippen LogP contribution is -2.48. The fourth-order valence-electron chi connectivity index (χ4n) is 2.75. The first kappa shape index (κ1) is 13.2. The normalized spacial score (nSPS) is 24.1. The zero-order chi connectivity index (χ0) is 14.2. The SMILES string of the molecule is CC1(O)CCCN(Cn2nnc3ccccc3c2=O)C1. The van der Waals surface area contributed by atoms with Crippen LogP contribution in [0.5, 0.6) is 0 Å². The van der Waals surface area contributed by atoms with E-state index in [1.807, 2.05) is 24.0 Å². The Bertz CT molecular complexity index is 680. The third-order valence-electron chi connectivity index (χ3n) is 3.72. The topological polar surface area (TPSA) is 71.2 Å². The van der Waals surface area contributed by atoms with Crippen molar-refractivity contribution < 1.29 is 5.11 Å². The molecule has 0 spiro atoms. The summed E-state index contributed by atoms with van der Waals surface area (Å²) in [6, 6.07) is 7.19. The number of aromatic nitrogens is 3. The van der Waals surface area contributed by atoms with E-state index >= 15 is 0 Å². The highest BCUT2D eigenvalue weighted by atomic mass is 16.3. The van der Waals surface area contributed by atoms with E-state index in [4.69, 9.17) is 0 Å². The lowest BCUT2D eigenvalue weighted by atomic mass is 9.96. The highest BCUT2D eigenvalue weighted by Crippen LogP contribution is 2.20. The number of β-amino-alcohol motifs (C(OH)–C–C–N with tert-alkyl or cyclic N) is 1. The molecule has 6 nitrogen and oxygen atoms in total. The van der Waals surface area contributed by atoms with Gasteiger partial charge in [0.25, 0.3) is 5.56 Å². The van der Waals surface area contributed by atoms with Crippen molar-refractivity contribution in [2.24, 2.45) is 0 Å². The zero-order valence-electron chi connectivity index (χ0n) is 11.5. The van der Waals surface area contributed by atoms with E-state index in [0.717, 1.165) is 19.4 Å². The summed E-state index contributed by atoms with van der Waals surface area (Å²) in [5.41, 5.74) is -0.216. The molecule has 0 bridgehead atoms. The number of aliphatic hydroxyl groups is 1. The lowest BCUT2D eigenvalue weighted by Gasteiger charge is -2.36. The minimum Gasteiger partial charge on any atom is -0.389 e. The molecule has 1 unspecified atom stereocenters. The Hall–Kier alpha value is -1.79. The third kappa shape index (κ3) is 2.57. The van der Waals surface area contributed by atoms with Gasteiger partial charge < -0.3 is 5.11 Å². The van der Waals surface area contributed by atoms with E-state index in [9.17, 15) is 9.90 Å². The molecule has 1 atom stereocenters. The minimum absolute atomic E-state index is 0.138. The number of benzene rings is 1. The van der Waals surface area contributed by atoms with Crippen LogP contribution in [0.15, 0.2) is 29.1 Å². The molecule has 6 heteroatoms. The van der Waals surface area contributed by atoms with Crippen LogP contribution in [0.25, 0.3) is 10.9 Å². The van der Waals surface area contributed by atoms with Crippen LogP contribution in [0.1, 0.15) is 19.8 Å². The molecule has 106 valence electrons. The van der Waals surface area contributed by atoms with Crippen molar-refractivity contribution in [3.63, 3.8) is 0 Å². The predicted octanol–water partition coefficient (Wildman–Crippen LogP) is 0.596. The minimum atomic E-state index is -0.688. The summed E-state index contributed by atoms with van der Waals surface area (Å²) in [5.74, 6) is 0. The summed E-state index contributed by atoms with van der Waals surface area (Å²) in [4.78, 5) is 14.4. The smallest absolute Gasteiger partial charge is 0.278 e. The van der Waals surface area contributed by atoms with Crippen LogP contribution in [0, 0.1) is 0 Å². The average molecular weight is 274 g/mol. The Kier molecular flexibility index (Phi) is 3.27. The van der Waals surface area contributed by atoms with Gasteiger partial charge in [0.1, 0.15) is 5.52 Å². The van der Waals surface area contributed by atoms with E-state index in [-0.39, 0.29) is 5.56 Å². The van der Waals surface area contributed by atoms with Crippen LogP contribution in [0.3, 0.4) is 0 Å². The van der Waals surface area contributed by atoms with Crippen LogP contribution in [0.2, 0.25) is 0 Å². The van der Waals surface area contributed by atoms with Crippen LogP contribution in [-0.4, -0.2) is 43.7 Å². The quantitative estimate of drug-likeness (QED) is 0.868. The molecule has 1 aliphatic rings. The van der Waals surface area contributed by atoms with Crippen molar-refractivity contribution >= 4 is 10.9 Å². The summed E-state index contributed by atoms with van der Waals surface area (Å²) in [5, 5.41) is 18.7. The molecule has 1 fully saturated rings. The maximum absolute atomic E-state index is 12.3. The third-order valence-corrected chi connectivity index (χ3v) is 3.72. The highest BCUT2D eigenvalue weighted by molar-refractivity contribution is 5.76. The van der Waals surface area contributed by atoms with Gasteiger partial charge in [0.2, 0.25) is 0 Å².